The van der Waals surface area contributed by atoms with Crippen LogP contribution in [0.3, 0.4) is 0 Å². The minimum Gasteiger partial charge on any atom is -0.381 e. The van der Waals surface area contributed by atoms with E-state index in [1.54, 1.807) is 0 Å². The molecule has 2 saturated heterocycles. The van der Waals surface area contributed by atoms with Gasteiger partial charge in [-0.3, -0.25) is 9.59 Å². The van der Waals surface area contributed by atoms with Gasteiger partial charge in [-0.2, -0.15) is 0 Å². The molecule has 1 atom stereocenters. The maximum Gasteiger partial charge on any atom is 0.227 e. The second-order valence-electron chi connectivity index (χ2n) is 5.11. The van der Waals surface area contributed by atoms with Crippen LogP contribution in [0.15, 0.2) is 0 Å². The molecule has 18 heavy (non-hydrogen) atoms. The van der Waals surface area contributed by atoms with E-state index in [9.17, 15) is 9.59 Å². The fraction of sp³-hybridized carbons (Fsp3) is 0.833. The van der Waals surface area contributed by atoms with Crippen molar-refractivity contribution in [3.8, 4) is 0 Å². The summed E-state index contributed by atoms with van der Waals surface area (Å²) in [7, 11) is 0. The first-order valence-corrected chi connectivity index (χ1v) is 6.52. The quantitative estimate of drug-likeness (QED) is 0.609. The summed E-state index contributed by atoms with van der Waals surface area (Å²) >= 11 is 0. The molecule has 0 bridgehead atoms. The van der Waals surface area contributed by atoms with Gasteiger partial charge in [0, 0.05) is 38.8 Å². The maximum absolute atomic E-state index is 12.2. The van der Waals surface area contributed by atoms with Crippen LogP contribution in [0.4, 0.5) is 0 Å². The Morgan fingerprint density at radius 3 is 2.78 bits per heavy atom. The Balaban J connectivity index is 1.84. The fourth-order valence-corrected chi connectivity index (χ4v) is 2.52. The van der Waals surface area contributed by atoms with E-state index in [1.165, 1.54) is 0 Å². The molecule has 0 spiro atoms. The Labute approximate surface area is 107 Å². The number of carbonyl (C=O) groups excluding carboxylic acids is 2. The number of carbonyl (C=O) groups is 2. The van der Waals surface area contributed by atoms with Crippen molar-refractivity contribution >= 4 is 11.8 Å². The molecule has 0 saturated carbocycles. The highest BCUT2D eigenvalue weighted by Crippen LogP contribution is 2.29. The van der Waals surface area contributed by atoms with Gasteiger partial charge >= 0.3 is 0 Å². The van der Waals surface area contributed by atoms with E-state index in [2.05, 4.69) is 10.6 Å². The highest BCUT2D eigenvalue weighted by Gasteiger charge is 2.39. The van der Waals surface area contributed by atoms with Crippen LogP contribution in [-0.4, -0.2) is 44.2 Å². The predicted molar refractivity (Wildman–Crippen MR) is 65.7 cm³/mol. The van der Waals surface area contributed by atoms with Gasteiger partial charge in [0.2, 0.25) is 11.8 Å². The van der Waals surface area contributed by atoms with Gasteiger partial charge in [0.1, 0.15) is 0 Å². The predicted octanol–water partition coefficient (Wildman–Crippen LogP) is -0.863. The van der Waals surface area contributed by atoms with E-state index in [-0.39, 0.29) is 17.9 Å². The summed E-state index contributed by atoms with van der Waals surface area (Å²) in [6.45, 7) is 2.02. The minimum absolute atomic E-state index is 0.00514. The molecule has 6 heteroatoms. The molecule has 1 unspecified atom stereocenters. The third-order valence-electron chi connectivity index (χ3n) is 3.92. The Morgan fingerprint density at radius 2 is 2.22 bits per heavy atom. The first-order chi connectivity index (χ1) is 8.66. The van der Waals surface area contributed by atoms with E-state index in [4.69, 9.17) is 10.5 Å². The Morgan fingerprint density at radius 1 is 1.50 bits per heavy atom. The zero-order valence-electron chi connectivity index (χ0n) is 10.5. The number of amides is 2. The van der Waals surface area contributed by atoms with E-state index in [0.29, 0.717) is 45.6 Å². The topological polar surface area (TPSA) is 93.5 Å². The fourth-order valence-electron chi connectivity index (χ4n) is 2.52. The van der Waals surface area contributed by atoms with E-state index in [1.807, 2.05) is 0 Å². The van der Waals surface area contributed by atoms with Gasteiger partial charge < -0.3 is 21.1 Å². The lowest BCUT2D eigenvalue weighted by Gasteiger charge is -2.34. The summed E-state index contributed by atoms with van der Waals surface area (Å²) < 4.78 is 5.28. The molecule has 2 rings (SSSR count). The third-order valence-corrected chi connectivity index (χ3v) is 3.92. The van der Waals surface area contributed by atoms with Crippen molar-refractivity contribution in [2.45, 2.75) is 31.7 Å². The van der Waals surface area contributed by atoms with E-state index < -0.39 is 5.41 Å². The van der Waals surface area contributed by atoms with Gasteiger partial charge in [0.15, 0.2) is 0 Å². The Kier molecular flexibility index (Phi) is 4.19. The van der Waals surface area contributed by atoms with Crippen molar-refractivity contribution in [1.29, 1.82) is 0 Å². The molecule has 2 amide bonds. The highest BCUT2D eigenvalue weighted by atomic mass is 16.5. The zero-order valence-corrected chi connectivity index (χ0v) is 10.5. The molecule has 4 N–H and O–H groups in total. The molecule has 2 aliphatic rings. The summed E-state index contributed by atoms with van der Waals surface area (Å²) in [5.74, 6) is 0.0586. The van der Waals surface area contributed by atoms with Gasteiger partial charge in [-0.25, -0.2) is 0 Å². The second kappa shape index (κ2) is 5.67. The molecule has 6 nitrogen and oxygen atoms in total. The van der Waals surface area contributed by atoms with Crippen LogP contribution < -0.4 is 16.4 Å². The zero-order chi connectivity index (χ0) is 13.0. The summed E-state index contributed by atoms with van der Waals surface area (Å²) in [5.41, 5.74) is 5.27. The lowest BCUT2D eigenvalue weighted by molar-refractivity contribution is -0.136. The molecule has 0 aromatic heterocycles. The van der Waals surface area contributed by atoms with Crippen LogP contribution in [0, 0.1) is 5.41 Å². The van der Waals surface area contributed by atoms with Crippen molar-refractivity contribution in [2.24, 2.45) is 11.1 Å². The van der Waals surface area contributed by atoms with Crippen LogP contribution in [0.25, 0.3) is 0 Å². The first kappa shape index (κ1) is 13.3. The lowest BCUT2D eigenvalue weighted by Crippen LogP contribution is -2.51. The average Bonchev–Trinajstić information content (AvgIpc) is 2.82. The molecule has 102 valence electrons. The standard InChI is InChI=1S/C12H21N3O3/c13-8-12(3-5-18-6-4-12)11(17)14-7-9-1-2-10(16)15-9/h9H,1-8,13H2,(H,14,17)(H,15,16). The molecule has 0 aromatic rings. The minimum atomic E-state index is -0.485. The number of ether oxygens (including phenoxy) is 1. The molecular formula is C12H21N3O3. The molecule has 2 fully saturated rings. The van der Waals surface area contributed by atoms with Crippen molar-refractivity contribution in [1.82, 2.24) is 10.6 Å². The molecule has 2 heterocycles. The van der Waals surface area contributed by atoms with Crippen LogP contribution >= 0.6 is 0 Å². The molecule has 0 radical (unpaired) electrons. The smallest absolute Gasteiger partial charge is 0.227 e. The van der Waals surface area contributed by atoms with Crippen LogP contribution in [0.5, 0.6) is 0 Å². The number of nitrogens with two attached hydrogens (primary N) is 1. The van der Waals surface area contributed by atoms with E-state index in [0.717, 1.165) is 6.42 Å². The molecule has 0 aromatic carbocycles. The van der Waals surface area contributed by atoms with Crippen molar-refractivity contribution in [2.75, 3.05) is 26.3 Å². The van der Waals surface area contributed by atoms with E-state index >= 15 is 0 Å². The van der Waals surface area contributed by atoms with Crippen LogP contribution in [0.1, 0.15) is 25.7 Å². The number of hydrogen-bond acceptors (Lipinski definition) is 4. The second-order valence-corrected chi connectivity index (χ2v) is 5.11. The SMILES string of the molecule is NCC1(C(=O)NCC2CCC(=O)N2)CCOCC1. The van der Waals surface area contributed by atoms with Gasteiger partial charge in [-0.1, -0.05) is 0 Å². The van der Waals surface area contributed by atoms with Crippen LogP contribution in [0.2, 0.25) is 0 Å². The third kappa shape index (κ3) is 2.81. The van der Waals surface area contributed by atoms with Gasteiger partial charge in [-0.05, 0) is 19.3 Å². The van der Waals surface area contributed by atoms with Gasteiger partial charge in [0.25, 0.3) is 0 Å². The highest BCUT2D eigenvalue weighted by molar-refractivity contribution is 5.83. The maximum atomic E-state index is 12.2. The molecular weight excluding hydrogens is 234 g/mol. The molecule has 2 aliphatic heterocycles. The Hall–Kier alpha value is -1.14. The normalized spacial score (nSPS) is 26.7. The number of hydrogen-bond donors (Lipinski definition) is 3. The summed E-state index contributed by atoms with van der Waals surface area (Å²) in [5, 5.41) is 5.75. The first-order valence-electron chi connectivity index (χ1n) is 6.52. The lowest BCUT2D eigenvalue weighted by atomic mass is 9.79. The van der Waals surface area contributed by atoms with Crippen molar-refractivity contribution in [3.05, 3.63) is 0 Å². The van der Waals surface area contributed by atoms with Crippen LogP contribution in [-0.2, 0) is 14.3 Å². The van der Waals surface area contributed by atoms with Crippen molar-refractivity contribution in [3.63, 3.8) is 0 Å². The molecule has 0 aliphatic carbocycles. The summed E-state index contributed by atoms with van der Waals surface area (Å²) in [6.07, 6.45) is 2.69. The average molecular weight is 255 g/mol. The van der Waals surface area contributed by atoms with Crippen molar-refractivity contribution < 1.29 is 14.3 Å². The van der Waals surface area contributed by atoms with Gasteiger partial charge in [0.05, 0.1) is 5.41 Å². The number of nitrogens with one attached hydrogen (secondary N) is 2. The summed E-state index contributed by atoms with van der Waals surface area (Å²) in [4.78, 5) is 23.3. The number of rotatable bonds is 4. The largest absolute Gasteiger partial charge is 0.381 e. The monoisotopic (exact) mass is 255 g/mol. The van der Waals surface area contributed by atoms with Gasteiger partial charge in [-0.15, -0.1) is 0 Å². The Bertz CT molecular complexity index is 327. The summed E-state index contributed by atoms with van der Waals surface area (Å²) in [6, 6.07) is 0.0658.